The minimum Gasteiger partial charge on any atom is -0.482 e. The number of nitrogens with one attached hydrogen (secondary N) is 1. The van der Waals surface area contributed by atoms with Crippen LogP contribution in [0.25, 0.3) is 10.6 Å². The molecule has 0 saturated heterocycles. The summed E-state index contributed by atoms with van der Waals surface area (Å²) in [6.07, 6.45) is -4.79. The van der Waals surface area contributed by atoms with E-state index in [1.54, 1.807) is 43.4 Å². The summed E-state index contributed by atoms with van der Waals surface area (Å²) in [5.41, 5.74) is -0.114. The van der Waals surface area contributed by atoms with Crippen LogP contribution in [0.15, 0.2) is 48.5 Å². The number of anilines is 2. The fourth-order valence-electron chi connectivity index (χ4n) is 2.91. The van der Waals surface area contributed by atoms with Gasteiger partial charge in [0.15, 0.2) is 12.3 Å². The van der Waals surface area contributed by atoms with Gasteiger partial charge in [0.25, 0.3) is 11.8 Å². The lowest BCUT2D eigenvalue weighted by atomic mass is 10.2. The number of halogens is 3. The van der Waals surface area contributed by atoms with Crippen molar-refractivity contribution in [3.8, 4) is 16.3 Å². The number of rotatable bonds is 3. The van der Waals surface area contributed by atoms with Crippen LogP contribution in [0.3, 0.4) is 0 Å². The summed E-state index contributed by atoms with van der Waals surface area (Å²) in [5.74, 6) is -0.775. The van der Waals surface area contributed by atoms with Crippen LogP contribution in [0, 0.1) is 0 Å². The van der Waals surface area contributed by atoms with Gasteiger partial charge in [-0.3, -0.25) is 9.59 Å². The number of thiazole rings is 1. The van der Waals surface area contributed by atoms with Gasteiger partial charge in [-0.1, -0.05) is 30.3 Å². The molecule has 2 amide bonds. The molecule has 1 aromatic heterocycles. The topological polar surface area (TPSA) is 71.5 Å². The summed E-state index contributed by atoms with van der Waals surface area (Å²) in [4.78, 5) is 29.0. The Morgan fingerprint density at radius 2 is 1.93 bits per heavy atom. The Hall–Kier alpha value is -3.40. The summed E-state index contributed by atoms with van der Waals surface area (Å²) in [6.45, 7) is -0.104. The van der Waals surface area contributed by atoms with E-state index in [0.29, 0.717) is 28.3 Å². The van der Waals surface area contributed by atoms with Crippen molar-refractivity contribution in [3.05, 3.63) is 59.1 Å². The van der Waals surface area contributed by atoms with Crippen molar-refractivity contribution in [1.29, 1.82) is 0 Å². The number of carbonyl (C=O) groups is 2. The Kier molecular flexibility index (Phi) is 4.94. The minimum absolute atomic E-state index is 0.0947. The maximum absolute atomic E-state index is 13.5. The number of hydrogen-bond donors (Lipinski definition) is 1. The Labute approximate surface area is 172 Å². The fraction of sp³-hybridized carbons (Fsp3) is 0.150. The quantitative estimate of drug-likeness (QED) is 0.663. The zero-order valence-corrected chi connectivity index (χ0v) is 16.3. The number of hydrogen-bond acceptors (Lipinski definition) is 5. The Bertz CT molecular complexity index is 1130. The normalized spacial score (nSPS) is 13.6. The maximum Gasteiger partial charge on any atom is 0.435 e. The van der Waals surface area contributed by atoms with Crippen LogP contribution in [0.2, 0.25) is 0 Å². The van der Waals surface area contributed by atoms with Crippen molar-refractivity contribution in [3.63, 3.8) is 0 Å². The van der Waals surface area contributed by atoms with Crippen molar-refractivity contribution in [2.24, 2.45) is 0 Å². The molecule has 10 heteroatoms. The van der Waals surface area contributed by atoms with Gasteiger partial charge in [-0.25, -0.2) is 4.98 Å². The molecule has 0 aliphatic carbocycles. The monoisotopic (exact) mass is 433 g/mol. The Morgan fingerprint density at radius 3 is 2.63 bits per heavy atom. The number of nitrogens with zero attached hydrogens (tertiary/aromatic N) is 2. The highest BCUT2D eigenvalue weighted by molar-refractivity contribution is 7.17. The lowest BCUT2D eigenvalue weighted by molar-refractivity contribution is -0.141. The van der Waals surface area contributed by atoms with Crippen LogP contribution in [0.4, 0.5) is 24.5 Å². The molecular weight excluding hydrogens is 419 g/mol. The van der Waals surface area contributed by atoms with Gasteiger partial charge in [0.1, 0.15) is 15.6 Å². The van der Waals surface area contributed by atoms with Gasteiger partial charge in [-0.15, -0.1) is 11.3 Å². The molecule has 0 fully saturated rings. The lowest BCUT2D eigenvalue weighted by Gasteiger charge is -2.26. The molecule has 1 aliphatic heterocycles. The van der Waals surface area contributed by atoms with Gasteiger partial charge in [0, 0.05) is 18.3 Å². The number of likely N-dealkylation sites (N-methyl/N-ethyl adjacent to an activating group) is 1. The SMILES string of the molecule is CN1C(=O)COc2ccc(NC(=O)c3sc(-c4ccccc4)nc3C(F)(F)F)cc21. The van der Waals surface area contributed by atoms with E-state index in [1.165, 1.54) is 17.0 Å². The molecule has 0 unspecified atom stereocenters. The summed E-state index contributed by atoms with van der Waals surface area (Å²) in [6, 6.07) is 12.8. The third kappa shape index (κ3) is 3.73. The van der Waals surface area contributed by atoms with Crippen molar-refractivity contribution < 1.29 is 27.5 Å². The Balaban J connectivity index is 1.67. The number of carbonyl (C=O) groups excluding carboxylic acids is 2. The largest absolute Gasteiger partial charge is 0.482 e. The summed E-state index contributed by atoms with van der Waals surface area (Å²) in [7, 11) is 1.55. The van der Waals surface area contributed by atoms with Gasteiger partial charge >= 0.3 is 6.18 Å². The van der Waals surface area contributed by atoms with Crippen LogP contribution in [-0.4, -0.2) is 30.5 Å². The molecule has 0 bridgehead atoms. The second kappa shape index (κ2) is 7.45. The molecule has 2 aromatic carbocycles. The molecule has 2 heterocycles. The summed E-state index contributed by atoms with van der Waals surface area (Å²) >= 11 is 0.664. The van der Waals surface area contributed by atoms with E-state index in [0.717, 1.165) is 0 Å². The predicted molar refractivity (Wildman–Crippen MR) is 106 cm³/mol. The molecule has 0 atom stereocenters. The van der Waals surface area contributed by atoms with Crippen LogP contribution in [-0.2, 0) is 11.0 Å². The molecule has 3 aromatic rings. The zero-order chi connectivity index (χ0) is 21.5. The zero-order valence-electron chi connectivity index (χ0n) is 15.5. The second-order valence-electron chi connectivity index (χ2n) is 6.44. The predicted octanol–water partition coefficient (Wildman–Crippen LogP) is 4.44. The number of ether oxygens (including phenoxy) is 1. The lowest BCUT2D eigenvalue weighted by Crippen LogP contribution is -2.35. The van der Waals surface area contributed by atoms with Gasteiger partial charge < -0.3 is 15.0 Å². The molecular formula is C20H14F3N3O3S. The van der Waals surface area contributed by atoms with E-state index >= 15 is 0 Å². The molecule has 0 saturated carbocycles. The third-order valence-corrected chi connectivity index (χ3v) is 5.53. The highest BCUT2D eigenvalue weighted by Gasteiger charge is 2.40. The van der Waals surface area contributed by atoms with Crippen molar-refractivity contribution in [1.82, 2.24) is 4.98 Å². The van der Waals surface area contributed by atoms with Crippen LogP contribution in [0.5, 0.6) is 5.75 Å². The third-order valence-electron chi connectivity index (χ3n) is 4.43. The molecule has 154 valence electrons. The number of fused-ring (bicyclic) bond motifs is 1. The first-order valence-corrected chi connectivity index (χ1v) is 9.54. The molecule has 4 rings (SSSR count). The molecule has 30 heavy (non-hydrogen) atoms. The van der Waals surface area contributed by atoms with Crippen molar-refractivity contribution in [2.45, 2.75) is 6.18 Å². The first-order valence-electron chi connectivity index (χ1n) is 8.72. The van der Waals surface area contributed by atoms with Crippen molar-refractivity contribution in [2.75, 3.05) is 23.9 Å². The smallest absolute Gasteiger partial charge is 0.435 e. The summed E-state index contributed by atoms with van der Waals surface area (Å²) < 4.78 is 45.8. The molecule has 1 aliphatic rings. The van der Waals surface area contributed by atoms with Gasteiger partial charge in [0.2, 0.25) is 0 Å². The maximum atomic E-state index is 13.5. The van der Waals surface area contributed by atoms with Crippen molar-refractivity contribution >= 4 is 34.5 Å². The van der Waals surface area contributed by atoms with E-state index in [9.17, 15) is 22.8 Å². The summed E-state index contributed by atoms with van der Waals surface area (Å²) in [5, 5.41) is 2.55. The highest BCUT2D eigenvalue weighted by Crippen LogP contribution is 2.39. The number of benzene rings is 2. The molecule has 6 nitrogen and oxygen atoms in total. The van der Waals surface area contributed by atoms with E-state index < -0.39 is 22.7 Å². The van der Waals surface area contributed by atoms with Crippen LogP contribution in [0.1, 0.15) is 15.4 Å². The molecule has 0 radical (unpaired) electrons. The van der Waals surface area contributed by atoms with E-state index in [2.05, 4.69) is 10.3 Å². The van der Waals surface area contributed by atoms with Crippen LogP contribution < -0.4 is 15.0 Å². The van der Waals surface area contributed by atoms with E-state index in [-0.39, 0.29) is 23.2 Å². The number of aromatic nitrogens is 1. The number of alkyl halides is 3. The number of amides is 2. The Morgan fingerprint density at radius 1 is 1.20 bits per heavy atom. The molecule has 0 spiro atoms. The van der Waals surface area contributed by atoms with Gasteiger partial charge in [-0.2, -0.15) is 13.2 Å². The minimum atomic E-state index is -4.79. The van der Waals surface area contributed by atoms with Gasteiger partial charge in [-0.05, 0) is 18.2 Å². The van der Waals surface area contributed by atoms with E-state index in [1.807, 2.05) is 0 Å². The fourth-order valence-corrected chi connectivity index (χ4v) is 3.89. The first kappa shape index (κ1) is 19.9. The average Bonchev–Trinajstić information content (AvgIpc) is 3.18. The second-order valence-corrected chi connectivity index (χ2v) is 7.44. The highest BCUT2D eigenvalue weighted by atomic mass is 32.1. The average molecular weight is 433 g/mol. The first-order chi connectivity index (χ1) is 14.2. The van der Waals surface area contributed by atoms with Gasteiger partial charge in [0.05, 0.1) is 5.69 Å². The van der Waals surface area contributed by atoms with E-state index in [4.69, 9.17) is 4.74 Å². The van der Waals surface area contributed by atoms with Crippen LogP contribution >= 0.6 is 11.3 Å². The molecule has 1 N–H and O–H groups in total. The standard InChI is InChI=1S/C20H14F3N3O3S/c1-26-13-9-12(7-8-14(13)29-10-15(26)27)24-18(28)16-17(20(21,22)23)25-19(30-16)11-5-3-2-4-6-11/h2-9H,10H2,1H3,(H,24,28).